The van der Waals surface area contributed by atoms with Crippen LogP contribution in [0.1, 0.15) is 6.42 Å². The Morgan fingerprint density at radius 2 is 1.90 bits per heavy atom. The summed E-state index contributed by atoms with van der Waals surface area (Å²) in [5.41, 5.74) is 1.00. The molecule has 1 fully saturated rings. The number of anilines is 1. The molecule has 0 radical (unpaired) electrons. The van der Waals surface area contributed by atoms with Gasteiger partial charge in [-0.3, -0.25) is 14.5 Å². The van der Waals surface area contributed by atoms with Gasteiger partial charge in [0.25, 0.3) is 0 Å². The van der Waals surface area contributed by atoms with Crippen molar-refractivity contribution in [3.8, 4) is 5.75 Å². The van der Waals surface area contributed by atoms with E-state index in [1.807, 2.05) is 0 Å². The average Bonchev–Trinajstić information content (AvgIpc) is 2.64. The number of halogens is 3. The largest absolute Gasteiger partial charge is 0.495 e. The number of ether oxygens (including phenoxy) is 1. The van der Waals surface area contributed by atoms with E-state index in [0.717, 1.165) is 0 Å². The Balaban J connectivity index is 1.80. The standard InChI is InChI=1S/C19H16Cl3N3O3S/c1-25-17(26)9-16(18(27)23-13-6-10(20)5-11(21)7-13)29-19(25)24-12-3-4-15(28-2)14(22)8-12/h3-8,16H,9H2,1-2H3,(H,23,27). The number of aliphatic imine (C=N–C) groups is 1. The lowest BCUT2D eigenvalue weighted by Crippen LogP contribution is -2.43. The second kappa shape index (κ2) is 9.26. The van der Waals surface area contributed by atoms with Crippen LogP contribution in [0, 0.1) is 0 Å². The molecule has 152 valence electrons. The fourth-order valence-electron chi connectivity index (χ4n) is 2.58. The molecule has 10 heteroatoms. The smallest absolute Gasteiger partial charge is 0.238 e. The summed E-state index contributed by atoms with van der Waals surface area (Å²) in [6.07, 6.45) is 0.0453. The fourth-order valence-corrected chi connectivity index (χ4v) is 4.42. The number of carbonyl (C=O) groups excluding carboxylic acids is 2. The van der Waals surface area contributed by atoms with E-state index in [2.05, 4.69) is 10.3 Å². The molecule has 1 aliphatic rings. The fraction of sp³-hybridized carbons (Fsp3) is 0.211. The van der Waals surface area contributed by atoms with E-state index in [-0.39, 0.29) is 18.2 Å². The molecule has 1 heterocycles. The van der Waals surface area contributed by atoms with E-state index in [9.17, 15) is 9.59 Å². The minimum absolute atomic E-state index is 0.0453. The van der Waals surface area contributed by atoms with Gasteiger partial charge in [0.15, 0.2) is 5.17 Å². The molecule has 1 unspecified atom stereocenters. The van der Waals surface area contributed by atoms with E-state index >= 15 is 0 Å². The zero-order chi connectivity index (χ0) is 21.1. The van der Waals surface area contributed by atoms with E-state index in [0.29, 0.717) is 37.4 Å². The number of benzene rings is 2. The van der Waals surface area contributed by atoms with E-state index in [1.54, 1.807) is 43.4 Å². The highest BCUT2D eigenvalue weighted by atomic mass is 35.5. The van der Waals surface area contributed by atoms with Crippen molar-refractivity contribution < 1.29 is 14.3 Å². The third-order valence-electron chi connectivity index (χ3n) is 4.05. The van der Waals surface area contributed by atoms with Gasteiger partial charge in [-0.15, -0.1) is 0 Å². The van der Waals surface area contributed by atoms with Gasteiger partial charge in [0.05, 0.1) is 17.8 Å². The number of rotatable bonds is 4. The van der Waals surface area contributed by atoms with Crippen molar-refractivity contribution >= 4 is 74.9 Å². The van der Waals surface area contributed by atoms with Crippen LogP contribution in [0.25, 0.3) is 0 Å². The molecule has 1 atom stereocenters. The van der Waals surface area contributed by atoms with E-state index in [4.69, 9.17) is 39.5 Å². The highest BCUT2D eigenvalue weighted by Gasteiger charge is 2.34. The Morgan fingerprint density at radius 1 is 1.21 bits per heavy atom. The number of amides is 2. The molecule has 1 N–H and O–H groups in total. The average molecular weight is 473 g/mol. The van der Waals surface area contributed by atoms with Gasteiger partial charge in [-0.1, -0.05) is 46.6 Å². The first-order chi connectivity index (χ1) is 13.8. The van der Waals surface area contributed by atoms with Gasteiger partial charge in [0, 0.05) is 29.2 Å². The van der Waals surface area contributed by atoms with Crippen LogP contribution < -0.4 is 10.1 Å². The maximum atomic E-state index is 12.7. The van der Waals surface area contributed by atoms with Crippen molar-refractivity contribution in [3.63, 3.8) is 0 Å². The molecular formula is C19H16Cl3N3O3S. The normalized spacial score (nSPS) is 18.1. The molecule has 0 aromatic heterocycles. The minimum Gasteiger partial charge on any atom is -0.495 e. The Bertz CT molecular complexity index is 980. The number of hydrogen-bond donors (Lipinski definition) is 1. The summed E-state index contributed by atoms with van der Waals surface area (Å²) in [5.74, 6) is -0.0320. The van der Waals surface area contributed by atoms with Crippen molar-refractivity contribution in [2.24, 2.45) is 4.99 Å². The summed E-state index contributed by atoms with van der Waals surface area (Å²) in [7, 11) is 3.14. The van der Waals surface area contributed by atoms with Crippen molar-refractivity contribution in [1.82, 2.24) is 4.90 Å². The highest BCUT2D eigenvalue weighted by molar-refractivity contribution is 8.15. The Labute approximate surface area is 187 Å². The molecule has 6 nitrogen and oxygen atoms in total. The second-order valence-electron chi connectivity index (χ2n) is 6.12. The zero-order valence-electron chi connectivity index (χ0n) is 15.4. The van der Waals surface area contributed by atoms with Crippen molar-refractivity contribution in [2.45, 2.75) is 11.7 Å². The quantitative estimate of drug-likeness (QED) is 0.660. The van der Waals surface area contributed by atoms with Crippen LogP contribution in [0.4, 0.5) is 11.4 Å². The molecule has 0 aliphatic carbocycles. The van der Waals surface area contributed by atoms with Crippen LogP contribution in [0.3, 0.4) is 0 Å². The third kappa shape index (κ3) is 5.36. The van der Waals surface area contributed by atoms with Crippen LogP contribution in [-0.4, -0.2) is 41.3 Å². The van der Waals surface area contributed by atoms with Crippen LogP contribution >= 0.6 is 46.6 Å². The van der Waals surface area contributed by atoms with Crippen molar-refractivity contribution in [3.05, 3.63) is 51.5 Å². The number of amidine groups is 1. The molecule has 29 heavy (non-hydrogen) atoms. The molecule has 0 spiro atoms. The number of thioether (sulfide) groups is 1. The minimum atomic E-state index is -0.649. The first kappa shape index (κ1) is 21.8. The monoisotopic (exact) mass is 471 g/mol. The first-order valence-electron chi connectivity index (χ1n) is 8.39. The summed E-state index contributed by atoms with van der Waals surface area (Å²) in [6.45, 7) is 0. The molecule has 1 saturated heterocycles. The predicted octanol–water partition coefficient (Wildman–Crippen LogP) is 5.25. The number of nitrogens with zero attached hydrogens (tertiary/aromatic N) is 2. The van der Waals surface area contributed by atoms with Crippen LogP contribution in [-0.2, 0) is 9.59 Å². The summed E-state index contributed by atoms with van der Waals surface area (Å²) >= 11 is 19.3. The van der Waals surface area contributed by atoms with Gasteiger partial charge < -0.3 is 10.1 Å². The summed E-state index contributed by atoms with van der Waals surface area (Å²) in [5, 5.41) is 3.69. The molecule has 2 aromatic rings. The van der Waals surface area contributed by atoms with Crippen molar-refractivity contribution in [1.29, 1.82) is 0 Å². The van der Waals surface area contributed by atoms with Gasteiger partial charge in [-0.2, -0.15) is 0 Å². The topological polar surface area (TPSA) is 71.0 Å². The Kier molecular flexibility index (Phi) is 6.95. The summed E-state index contributed by atoms with van der Waals surface area (Å²) in [6, 6.07) is 9.77. The maximum absolute atomic E-state index is 12.7. The first-order valence-corrected chi connectivity index (χ1v) is 10.4. The van der Waals surface area contributed by atoms with Crippen molar-refractivity contribution in [2.75, 3.05) is 19.5 Å². The molecule has 0 bridgehead atoms. The van der Waals surface area contributed by atoms with E-state index < -0.39 is 5.25 Å². The Morgan fingerprint density at radius 3 is 2.52 bits per heavy atom. The molecule has 3 rings (SSSR count). The molecule has 2 amide bonds. The number of hydrogen-bond acceptors (Lipinski definition) is 5. The molecule has 0 saturated carbocycles. The van der Waals surface area contributed by atoms with Gasteiger partial charge in [-0.05, 0) is 36.4 Å². The highest BCUT2D eigenvalue weighted by Crippen LogP contribution is 2.32. The van der Waals surface area contributed by atoms with E-state index in [1.165, 1.54) is 23.8 Å². The molecule has 2 aromatic carbocycles. The SMILES string of the molecule is COc1ccc(N=C2SC(C(=O)Nc3cc(Cl)cc(Cl)c3)CC(=O)N2C)cc1Cl. The van der Waals surface area contributed by atoms with Crippen LogP contribution in [0.15, 0.2) is 41.4 Å². The number of carbonyl (C=O) groups is 2. The number of methoxy groups -OCH3 is 1. The van der Waals surface area contributed by atoms with Gasteiger partial charge in [0.2, 0.25) is 11.8 Å². The zero-order valence-corrected chi connectivity index (χ0v) is 18.5. The molecular weight excluding hydrogens is 457 g/mol. The van der Waals surface area contributed by atoms with Gasteiger partial charge in [0.1, 0.15) is 11.0 Å². The Hall–Kier alpha value is -1.93. The maximum Gasteiger partial charge on any atom is 0.238 e. The third-order valence-corrected chi connectivity index (χ3v) is 6.02. The molecule has 1 aliphatic heterocycles. The summed E-state index contributed by atoms with van der Waals surface area (Å²) in [4.78, 5) is 31.0. The van der Waals surface area contributed by atoms with Crippen LogP contribution in [0.2, 0.25) is 15.1 Å². The van der Waals surface area contributed by atoms with Crippen LogP contribution in [0.5, 0.6) is 5.75 Å². The number of nitrogens with one attached hydrogen (secondary N) is 1. The second-order valence-corrected chi connectivity index (χ2v) is 8.57. The van der Waals surface area contributed by atoms with Gasteiger partial charge in [-0.25, -0.2) is 4.99 Å². The summed E-state index contributed by atoms with van der Waals surface area (Å²) < 4.78 is 5.13. The lowest BCUT2D eigenvalue weighted by Gasteiger charge is -2.28. The predicted molar refractivity (Wildman–Crippen MR) is 119 cm³/mol. The lowest BCUT2D eigenvalue weighted by molar-refractivity contribution is -0.128. The van der Waals surface area contributed by atoms with Gasteiger partial charge >= 0.3 is 0 Å². The lowest BCUT2D eigenvalue weighted by atomic mass is 10.2.